The van der Waals surface area contributed by atoms with Gasteiger partial charge in [0.15, 0.2) is 5.82 Å². The van der Waals surface area contributed by atoms with Crippen LogP contribution < -0.4 is 0 Å². The molecule has 25 heavy (non-hydrogen) atoms. The van der Waals surface area contributed by atoms with Gasteiger partial charge in [0.1, 0.15) is 0 Å². The molecule has 0 bridgehead atoms. The van der Waals surface area contributed by atoms with E-state index in [2.05, 4.69) is 0 Å². The Bertz CT molecular complexity index is 760. The molecule has 2 aromatic rings. The fourth-order valence-electron chi connectivity index (χ4n) is 3.39. The topological polar surface area (TPSA) is 0 Å². The van der Waals surface area contributed by atoms with Crippen LogP contribution in [-0.4, -0.2) is 6.18 Å². The second kappa shape index (κ2) is 7.16. The molecular formula is C19H16Cl2F4. The van der Waals surface area contributed by atoms with Gasteiger partial charge in [-0.3, -0.25) is 0 Å². The molecule has 0 amide bonds. The van der Waals surface area contributed by atoms with E-state index in [4.69, 9.17) is 23.2 Å². The molecule has 0 saturated heterocycles. The standard InChI is InChI=1S/C19H16Cl2F4/c20-16-9-14(10-17(21)18(16)22)15(19(23,24)25)7-5-11-4-6-12-2-1-3-13(12)8-11/h4,6,8-10,15H,1-3,5,7H2. The van der Waals surface area contributed by atoms with Crippen LogP contribution >= 0.6 is 23.2 Å². The number of halogens is 6. The molecule has 1 atom stereocenters. The molecule has 3 rings (SSSR count). The lowest BCUT2D eigenvalue weighted by molar-refractivity contribution is -0.151. The SMILES string of the molecule is Fc1c(Cl)cc(C(CCc2ccc3c(c2)CCC3)C(F)(F)F)cc1Cl. The molecule has 0 heterocycles. The lowest BCUT2D eigenvalue weighted by atomic mass is 9.91. The van der Waals surface area contributed by atoms with Crippen LogP contribution in [0.2, 0.25) is 10.0 Å². The Morgan fingerprint density at radius 2 is 1.60 bits per heavy atom. The van der Waals surface area contributed by atoms with Crippen LogP contribution in [0.25, 0.3) is 0 Å². The van der Waals surface area contributed by atoms with Crippen molar-refractivity contribution in [2.45, 2.75) is 44.2 Å². The van der Waals surface area contributed by atoms with Gasteiger partial charge in [-0.1, -0.05) is 41.4 Å². The summed E-state index contributed by atoms with van der Waals surface area (Å²) in [7, 11) is 0. The Hall–Kier alpha value is -1.26. The lowest BCUT2D eigenvalue weighted by Gasteiger charge is -2.21. The van der Waals surface area contributed by atoms with Crippen LogP contribution in [-0.2, 0) is 19.3 Å². The van der Waals surface area contributed by atoms with Gasteiger partial charge in [0.05, 0.1) is 16.0 Å². The smallest absolute Gasteiger partial charge is 0.204 e. The number of rotatable bonds is 4. The van der Waals surface area contributed by atoms with E-state index >= 15 is 0 Å². The van der Waals surface area contributed by atoms with E-state index in [0.29, 0.717) is 0 Å². The van der Waals surface area contributed by atoms with Gasteiger partial charge in [-0.25, -0.2) is 4.39 Å². The van der Waals surface area contributed by atoms with E-state index in [1.165, 1.54) is 11.1 Å². The number of benzene rings is 2. The summed E-state index contributed by atoms with van der Waals surface area (Å²) in [4.78, 5) is 0. The van der Waals surface area contributed by atoms with Crippen molar-refractivity contribution in [3.05, 3.63) is 68.4 Å². The largest absolute Gasteiger partial charge is 0.395 e. The highest BCUT2D eigenvalue weighted by Crippen LogP contribution is 2.41. The Kier molecular flexibility index (Phi) is 5.31. The zero-order chi connectivity index (χ0) is 18.2. The van der Waals surface area contributed by atoms with Crippen LogP contribution in [0.1, 0.15) is 41.0 Å². The highest BCUT2D eigenvalue weighted by molar-refractivity contribution is 6.35. The first-order chi connectivity index (χ1) is 11.8. The summed E-state index contributed by atoms with van der Waals surface area (Å²) in [5.41, 5.74) is 3.29. The second-order valence-corrected chi connectivity index (χ2v) is 7.20. The first kappa shape index (κ1) is 18.5. The summed E-state index contributed by atoms with van der Waals surface area (Å²) in [5.74, 6) is -2.64. The van der Waals surface area contributed by atoms with Crippen molar-refractivity contribution in [2.75, 3.05) is 0 Å². The normalized spacial score (nSPS) is 15.3. The van der Waals surface area contributed by atoms with E-state index in [9.17, 15) is 17.6 Å². The van der Waals surface area contributed by atoms with E-state index in [0.717, 1.165) is 37.0 Å². The van der Waals surface area contributed by atoms with Gasteiger partial charge in [-0.15, -0.1) is 0 Å². The van der Waals surface area contributed by atoms with Crippen LogP contribution in [0.3, 0.4) is 0 Å². The molecule has 134 valence electrons. The number of hydrogen-bond acceptors (Lipinski definition) is 0. The second-order valence-electron chi connectivity index (χ2n) is 6.39. The van der Waals surface area contributed by atoms with Crippen molar-refractivity contribution in [1.82, 2.24) is 0 Å². The van der Waals surface area contributed by atoms with Gasteiger partial charge >= 0.3 is 6.18 Å². The lowest BCUT2D eigenvalue weighted by Crippen LogP contribution is -2.21. The summed E-state index contributed by atoms with van der Waals surface area (Å²) < 4.78 is 54.0. The number of aryl methyl sites for hydroxylation is 3. The fourth-order valence-corrected chi connectivity index (χ4v) is 3.89. The molecule has 0 N–H and O–H groups in total. The minimum absolute atomic E-state index is 0.106. The molecule has 0 saturated carbocycles. The first-order valence-electron chi connectivity index (χ1n) is 8.07. The van der Waals surface area contributed by atoms with Crippen molar-refractivity contribution in [1.29, 1.82) is 0 Å². The maximum Gasteiger partial charge on any atom is 0.395 e. The Balaban J connectivity index is 1.83. The van der Waals surface area contributed by atoms with Crippen LogP contribution in [0.4, 0.5) is 17.6 Å². The maximum absolute atomic E-state index is 13.5. The van der Waals surface area contributed by atoms with Crippen LogP contribution in [0.15, 0.2) is 30.3 Å². The highest BCUT2D eigenvalue weighted by Gasteiger charge is 2.40. The average molecular weight is 391 g/mol. The van der Waals surface area contributed by atoms with Gasteiger partial charge in [0, 0.05) is 0 Å². The van der Waals surface area contributed by atoms with Gasteiger partial charge < -0.3 is 0 Å². The van der Waals surface area contributed by atoms with E-state index in [-0.39, 0.29) is 18.4 Å². The monoisotopic (exact) mass is 390 g/mol. The predicted molar refractivity (Wildman–Crippen MR) is 92.0 cm³/mol. The predicted octanol–water partition coefficient (Wildman–Crippen LogP) is 6.90. The molecule has 6 heteroatoms. The zero-order valence-electron chi connectivity index (χ0n) is 13.3. The van der Waals surface area contributed by atoms with Crippen LogP contribution in [0, 0.1) is 5.82 Å². The van der Waals surface area contributed by atoms with E-state index < -0.39 is 28.0 Å². The third kappa shape index (κ3) is 4.12. The molecule has 0 nitrogen and oxygen atoms in total. The molecule has 2 aromatic carbocycles. The van der Waals surface area contributed by atoms with Gasteiger partial charge in [-0.05, 0) is 66.5 Å². The van der Waals surface area contributed by atoms with Crippen molar-refractivity contribution >= 4 is 23.2 Å². The number of hydrogen-bond donors (Lipinski definition) is 0. The molecular weight excluding hydrogens is 375 g/mol. The third-order valence-corrected chi connectivity index (χ3v) is 5.24. The summed E-state index contributed by atoms with van der Waals surface area (Å²) in [6.45, 7) is 0. The van der Waals surface area contributed by atoms with Crippen molar-refractivity contribution < 1.29 is 17.6 Å². The summed E-state index contributed by atoms with van der Waals surface area (Å²) in [6.07, 6.45) is -1.20. The average Bonchev–Trinajstić information content (AvgIpc) is 2.99. The van der Waals surface area contributed by atoms with Gasteiger partial charge in [0.25, 0.3) is 0 Å². The minimum Gasteiger partial charge on any atom is -0.204 e. The van der Waals surface area contributed by atoms with E-state index in [1.54, 1.807) is 0 Å². The van der Waals surface area contributed by atoms with E-state index in [1.807, 2.05) is 18.2 Å². The molecule has 1 aliphatic carbocycles. The van der Waals surface area contributed by atoms with Crippen molar-refractivity contribution in [3.8, 4) is 0 Å². The summed E-state index contributed by atoms with van der Waals surface area (Å²) in [6, 6.07) is 7.93. The fraction of sp³-hybridized carbons (Fsp3) is 0.368. The molecule has 0 aromatic heterocycles. The molecule has 1 aliphatic rings. The van der Waals surface area contributed by atoms with Gasteiger partial charge in [-0.2, -0.15) is 13.2 Å². The molecule has 0 spiro atoms. The summed E-state index contributed by atoms with van der Waals surface area (Å²) in [5, 5.41) is -0.788. The molecule has 0 radical (unpaired) electrons. The third-order valence-electron chi connectivity index (χ3n) is 4.69. The Morgan fingerprint density at radius 1 is 0.960 bits per heavy atom. The quantitative estimate of drug-likeness (QED) is 0.393. The number of fused-ring (bicyclic) bond motifs is 1. The highest BCUT2D eigenvalue weighted by atomic mass is 35.5. The molecule has 1 unspecified atom stereocenters. The zero-order valence-corrected chi connectivity index (χ0v) is 14.8. The summed E-state index contributed by atoms with van der Waals surface area (Å²) >= 11 is 11.3. The number of alkyl halides is 3. The van der Waals surface area contributed by atoms with Crippen molar-refractivity contribution in [3.63, 3.8) is 0 Å². The van der Waals surface area contributed by atoms with Crippen molar-refractivity contribution in [2.24, 2.45) is 0 Å². The molecule has 0 aliphatic heterocycles. The van der Waals surface area contributed by atoms with Crippen LogP contribution in [0.5, 0.6) is 0 Å². The minimum atomic E-state index is -4.46. The first-order valence-corrected chi connectivity index (χ1v) is 8.83. The Labute approximate surface area is 153 Å². The maximum atomic E-state index is 13.5. The Morgan fingerprint density at radius 3 is 2.24 bits per heavy atom. The molecule has 0 fully saturated rings. The van der Waals surface area contributed by atoms with Gasteiger partial charge in [0.2, 0.25) is 0 Å².